The second-order valence-electron chi connectivity index (χ2n) is 18.8. The molecule has 17 heteroatoms. The number of ether oxygens (including phenoxy) is 3. The maximum absolute atomic E-state index is 11.5. The molecule has 0 bridgehead atoms. The number of hydrogen-bond acceptors (Lipinski definition) is 11. The van der Waals surface area contributed by atoms with Gasteiger partial charge in [-0.1, -0.05) is 0 Å². The highest BCUT2D eigenvalue weighted by Gasteiger charge is 2.55. The second kappa shape index (κ2) is 16.3. The Balaban J connectivity index is 2.59. The molecule has 0 radical (unpaired) electrons. The maximum atomic E-state index is 11.5. The van der Waals surface area contributed by atoms with Crippen molar-refractivity contribution in [3.63, 3.8) is 0 Å². The summed E-state index contributed by atoms with van der Waals surface area (Å²) in [5, 5.41) is 23.0. The molecule has 0 spiro atoms. The van der Waals surface area contributed by atoms with Crippen molar-refractivity contribution in [3.8, 4) is 0 Å². The lowest BCUT2D eigenvalue weighted by atomic mass is 9.98. The Morgan fingerprint density at radius 3 is 1.15 bits per heavy atom. The third-order valence-electron chi connectivity index (χ3n) is 6.82. The van der Waals surface area contributed by atoms with Crippen LogP contribution in [0.3, 0.4) is 0 Å². The zero-order chi connectivity index (χ0) is 36.6. The van der Waals surface area contributed by atoms with Crippen molar-refractivity contribution in [2.45, 2.75) is 179 Å². The van der Waals surface area contributed by atoms with Gasteiger partial charge in [-0.05, 0) is 118 Å². The largest absolute Gasteiger partial charge is 0.415 e. The Bertz CT molecular complexity index is 968. The van der Waals surface area contributed by atoms with E-state index in [-0.39, 0.29) is 6.61 Å². The molecule has 280 valence electrons. The van der Waals surface area contributed by atoms with Gasteiger partial charge in [-0.25, -0.2) is 0 Å². The van der Waals surface area contributed by atoms with E-state index < -0.39 is 111 Å². The number of aliphatic hydroxyl groups excluding tert-OH is 2. The molecule has 2 aliphatic heterocycles. The van der Waals surface area contributed by atoms with Crippen molar-refractivity contribution in [1.82, 2.24) is 0 Å². The Kier molecular flexibility index (Phi) is 15.2. The van der Waals surface area contributed by atoms with Crippen LogP contribution in [0.2, 0.25) is 118 Å². The molecule has 0 aromatic rings. The number of hydrogen-bond donors (Lipinski definition) is 2. The average Bonchev–Trinajstić information content (AvgIpc) is 2.81. The van der Waals surface area contributed by atoms with E-state index in [4.69, 9.17) is 40.8 Å². The van der Waals surface area contributed by atoms with Crippen LogP contribution in [0.25, 0.3) is 0 Å². The molecule has 2 rings (SSSR count). The van der Waals surface area contributed by atoms with Gasteiger partial charge in [0.25, 0.3) is 0 Å². The third-order valence-corrected chi connectivity index (χ3v) is 12.8. The summed E-state index contributed by atoms with van der Waals surface area (Å²) in [6.45, 7) is 38.6. The van der Waals surface area contributed by atoms with Gasteiger partial charge in [-0.2, -0.15) is 0 Å². The summed E-state index contributed by atoms with van der Waals surface area (Å²) in [5.41, 5.74) is 0. The van der Waals surface area contributed by atoms with Gasteiger partial charge in [0, 0.05) is 0 Å². The first-order valence-corrected chi connectivity index (χ1v) is 37.6. The van der Waals surface area contributed by atoms with Crippen LogP contribution in [0.15, 0.2) is 0 Å². The topological polar surface area (TPSA) is 124 Å². The van der Waals surface area contributed by atoms with Crippen molar-refractivity contribution >= 4 is 49.9 Å². The van der Waals surface area contributed by atoms with Crippen LogP contribution in [0.1, 0.15) is 0 Å². The Labute approximate surface area is 292 Å². The molecule has 2 heterocycles. The molecule has 0 aliphatic carbocycles. The number of rotatable bonds is 16. The van der Waals surface area contributed by atoms with Crippen LogP contribution in [0, 0.1) is 0 Å². The zero-order valence-electron chi connectivity index (χ0n) is 32.8. The van der Waals surface area contributed by atoms with Gasteiger partial charge < -0.3 is 51.0 Å². The van der Waals surface area contributed by atoms with Crippen molar-refractivity contribution in [2.75, 3.05) is 13.2 Å². The minimum Gasteiger partial charge on any atom is -0.415 e. The molecule has 10 atom stereocenters. The molecule has 0 aromatic carbocycles. The van der Waals surface area contributed by atoms with Gasteiger partial charge in [0.2, 0.25) is 0 Å². The first kappa shape index (κ1) is 44.0. The summed E-state index contributed by atoms with van der Waals surface area (Å²) in [6, 6.07) is 0. The van der Waals surface area contributed by atoms with Gasteiger partial charge in [0.1, 0.15) is 48.8 Å². The second-order valence-corrected chi connectivity index (χ2v) is 45.7. The maximum Gasteiger partial charge on any atom is 0.189 e. The monoisotopic (exact) mass is 774 g/mol. The minimum absolute atomic E-state index is 0.203. The van der Waals surface area contributed by atoms with Gasteiger partial charge in [-0.15, -0.1) is 0 Å². The normalized spacial score (nSPS) is 33.7. The van der Waals surface area contributed by atoms with Gasteiger partial charge >= 0.3 is 0 Å². The smallest absolute Gasteiger partial charge is 0.189 e. The molecule has 2 aliphatic rings. The van der Waals surface area contributed by atoms with E-state index in [2.05, 4.69) is 98.2 Å². The first-order valence-electron chi connectivity index (χ1n) is 17.2. The fraction of sp³-hybridized carbons (Fsp3) is 1.00. The minimum atomic E-state index is -2.22. The van der Waals surface area contributed by atoms with Crippen molar-refractivity contribution in [3.05, 3.63) is 0 Å². The van der Waals surface area contributed by atoms with Gasteiger partial charge in [0.05, 0.1) is 13.2 Å². The highest BCUT2D eigenvalue weighted by atomic mass is 28.4. The van der Waals surface area contributed by atoms with Crippen LogP contribution in [-0.4, -0.2) is 135 Å². The molecule has 2 N–H and O–H groups in total. The van der Waals surface area contributed by atoms with Gasteiger partial charge in [-0.3, -0.25) is 0 Å². The first-order chi connectivity index (χ1) is 20.8. The fourth-order valence-electron chi connectivity index (χ4n) is 5.25. The van der Waals surface area contributed by atoms with E-state index in [1.54, 1.807) is 0 Å². The van der Waals surface area contributed by atoms with Crippen molar-refractivity contribution < 1.29 is 51.0 Å². The molecule has 2 saturated heterocycles. The van der Waals surface area contributed by atoms with E-state index in [1.165, 1.54) is 0 Å². The Morgan fingerprint density at radius 2 is 0.745 bits per heavy atom. The zero-order valence-corrected chi connectivity index (χ0v) is 38.8. The Morgan fingerprint density at radius 1 is 0.404 bits per heavy atom. The third kappa shape index (κ3) is 16.0. The molecule has 47 heavy (non-hydrogen) atoms. The summed E-state index contributed by atoms with van der Waals surface area (Å²) < 4.78 is 59.5. The lowest BCUT2D eigenvalue weighted by Gasteiger charge is -2.52. The average molecular weight is 775 g/mol. The van der Waals surface area contributed by atoms with E-state index in [0.717, 1.165) is 0 Å². The molecule has 0 saturated carbocycles. The van der Waals surface area contributed by atoms with Crippen LogP contribution in [0.5, 0.6) is 0 Å². The Hall–Kier alpha value is 0.861. The molecule has 0 amide bonds. The molecule has 2 fully saturated rings. The fourth-order valence-corrected chi connectivity index (χ4v) is 10.9. The van der Waals surface area contributed by atoms with E-state index >= 15 is 0 Å². The number of aliphatic hydroxyl groups is 2. The SMILES string of the molecule is C[Si](C)(C)OC[C@H]1O[C@H](O[C@H]2O[C@H](CO[Si](C)(C)C)[C@@H](O[Si](C)(C)C)[C@H](O[Si](C)(C)C)[C@H]2O[Si](C)(C)C)[C@H](O)[C@@H](O)[C@@H]1O[Si](C)(C)C. The molecule has 11 nitrogen and oxygen atoms in total. The molecular formula is C30H70O11Si6. The summed E-state index contributed by atoms with van der Waals surface area (Å²) >= 11 is 0. The summed E-state index contributed by atoms with van der Waals surface area (Å²) in [6.07, 6.45) is -8.53. The standard InChI is InChI=1S/C30H70O11Si6/c1-42(2,3)33-19-21-25(38-44(7,8)9)23(31)24(32)29(35-21)37-30-28(41-47(16,17)18)27(40-46(13,14)15)26(39-45(10,11)12)22(36-30)20-34-43(4,5)6/h21-32H,19-20H2,1-18H3/t21-,22-,23-,24-,25-,26-,27+,28-,29-,30-/m1/s1. The van der Waals surface area contributed by atoms with Gasteiger partial charge in [0.15, 0.2) is 62.5 Å². The summed E-state index contributed by atoms with van der Waals surface area (Å²) in [5.74, 6) is 0. The highest BCUT2D eigenvalue weighted by molar-refractivity contribution is 6.71. The van der Waals surface area contributed by atoms with Crippen LogP contribution >= 0.6 is 0 Å². The summed E-state index contributed by atoms with van der Waals surface area (Å²) in [7, 11) is -12.5. The predicted octanol–water partition coefficient (Wildman–Crippen LogP) is 5.76. The molecule has 0 unspecified atom stereocenters. The molecular weight excluding hydrogens is 705 g/mol. The summed E-state index contributed by atoms with van der Waals surface area (Å²) in [4.78, 5) is 0. The highest BCUT2D eigenvalue weighted by Crippen LogP contribution is 2.37. The van der Waals surface area contributed by atoms with Crippen LogP contribution < -0.4 is 0 Å². The quantitative estimate of drug-likeness (QED) is 0.186. The van der Waals surface area contributed by atoms with E-state index in [1.807, 2.05) is 19.6 Å². The van der Waals surface area contributed by atoms with Crippen LogP contribution in [-0.2, 0) is 40.8 Å². The van der Waals surface area contributed by atoms with E-state index in [0.29, 0.717) is 6.61 Å². The van der Waals surface area contributed by atoms with Crippen LogP contribution in [0.4, 0.5) is 0 Å². The molecule has 0 aromatic heterocycles. The van der Waals surface area contributed by atoms with E-state index in [9.17, 15) is 10.2 Å². The lowest BCUT2D eigenvalue weighted by Crippen LogP contribution is -2.68. The lowest BCUT2D eigenvalue weighted by molar-refractivity contribution is -0.371. The van der Waals surface area contributed by atoms with Crippen molar-refractivity contribution in [1.29, 1.82) is 0 Å². The van der Waals surface area contributed by atoms with Crippen molar-refractivity contribution in [2.24, 2.45) is 0 Å². The predicted molar refractivity (Wildman–Crippen MR) is 202 cm³/mol.